The molecule has 0 aliphatic carbocycles. The third-order valence-electron chi connectivity index (χ3n) is 2.58. The van der Waals surface area contributed by atoms with Gasteiger partial charge in [-0.25, -0.2) is 0 Å². The Morgan fingerprint density at radius 3 is 2.71 bits per heavy atom. The van der Waals surface area contributed by atoms with Crippen molar-refractivity contribution in [3.63, 3.8) is 0 Å². The quantitative estimate of drug-likeness (QED) is 0.878. The lowest BCUT2D eigenvalue weighted by molar-refractivity contribution is 0.134. The van der Waals surface area contributed by atoms with E-state index in [1.165, 1.54) is 0 Å². The summed E-state index contributed by atoms with van der Waals surface area (Å²) in [6.07, 6.45) is 0.996. The second-order valence-electron chi connectivity index (χ2n) is 4.13. The maximum atomic E-state index is 5.94. The van der Waals surface area contributed by atoms with E-state index in [2.05, 4.69) is 15.9 Å². The van der Waals surface area contributed by atoms with Gasteiger partial charge in [0.1, 0.15) is 5.75 Å². The van der Waals surface area contributed by atoms with Crippen LogP contribution in [0, 0.1) is 6.92 Å². The molecule has 1 aromatic carbocycles. The van der Waals surface area contributed by atoms with Gasteiger partial charge in [0.25, 0.3) is 0 Å². The minimum atomic E-state index is 0.125. The van der Waals surface area contributed by atoms with Crippen LogP contribution in [0.25, 0.3) is 0 Å². The van der Waals surface area contributed by atoms with Crippen molar-refractivity contribution >= 4 is 15.9 Å². The molecule has 1 aromatic rings. The minimum Gasteiger partial charge on any atom is -0.490 e. The lowest BCUT2D eigenvalue weighted by Gasteiger charge is -2.19. The molecular formula is C13H20BrNO2. The fourth-order valence-corrected chi connectivity index (χ4v) is 2.28. The Labute approximate surface area is 111 Å². The number of hydrogen-bond donors (Lipinski definition) is 1. The maximum Gasteiger partial charge on any atom is 0.127 e. The highest BCUT2D eigenvalue weighted by atomic mass is 79.9. The van der Waals surface area contributed by atoms with Crippen molar-refractivity contribution in [1.82, 2.24) is 0 Å². The molecule has 0 bridgehead atoms. The van der Waals surface area contributed by atoms with Gasteiger partial charge in [0.15, 0.2) is 0 Å². The zero-order valence-electron chi connectivity index (χ0n) is 10.6. The average molecular weight is 302 g/mol. The standard InChI is InChI=1S/C13H20BrNO2/c1-9-6-12(14)7-11(8-15)13(9)17-10(2)4-5-16-3/h6-7,10H,4-5,8,15H2,1-3H3. The first kappa shape index (κ1) is 14.5. The summed E-state index contributed by atoms with van der Waals surface area (Å²) >= 11 is 3.46. The first-order valence-corrected chi connectivity index (χ1v) is 6.52. The molecule has 0 spiro atoms. The first-order valence-electron chi connectivity index (χ1n) is 5.73. The summed E-state index contributed by atoms with van der Waals surface area (Å²) < 4.78 is 12.0. The van der Waals surface area contributed by atoms with Crippen LogP contribution in [-0.2, 0) is 11.3 Å². The summed E-state index contributed by atoms with van der Waals surface area (Å²) in [6, 6.07) is 4.04. The van der Waals surface area contributed by atoms with E-state index in [0.29, 0.717) is 13.2 Å². The van der Waals surface area contributed by atoms with E-state index >= 15 is 0 Å². The molecule has 2 N–H and O–H groups in total. The van der Waals surface area contributed by atoms with Crippen molar-refractivity contribution in [3.8, 4) is 5.75 Å². The molecule has 4 heteroatoms. The van der Waals surface area contributed by atoms with Gasteiger partial charge in [-0.1, -0.05) is 15.9 Å². The van der Waals surface area contributed by atoms with E-state index in [1.54, 1.807) is 7.11 Å². The van der Waals surface area contributed by atoms with Gasteiger partial charge in [-0.2, -0.15) is 0 Å². The number of rotatable bonds is 6. The lowest BCUT2D eigenvalue weighted by Crippen LogP contribution is -2.16. The molecule has 17 heavy (non-hydrogen) atoms. The predicted octanol–water partition coefficient (Wildman–Crippen LogP) is 3.02. The number of aryl methyl sites for hydroxylation is 1. The van der Waals surface area contributed by atoms with Gasteiger partial charge < -0.3 is 15.2 Å². The average Bonchev–Trinajstić information content (AvgIpc) is 2.29. The molecule has 0 radical (unpaired) electrons. The van der Waals surface area contributed by atoms with Gasteiger partial charge in [-0.3, -0.25) is 0 Å². The number of nitrogens with two attached hydrogens (primary N) is 1. The van der Waals surface area contributed by atoms with E-state index in [4.69, 9.17) is 15.2 Å². The Morgan fingerprint density at radius 1 is 1.41 bits per heavy atom. The Balaban J connectivity index is 2.82. The fourth-order valence-electron chi connectivity index (χ4n) is 1.66. The molecule has 0 heterocycles. The highest BCUT2D eigenvalue weighted by Crippen LogP contribution is 2.28. The number of halogens is 1. The summed E-state index contributed by atoms with van der Waals surface area (Å²) in [5, 5.41) is 0. The van der Waals surface area contributed by atoms with Gasteiger partial charge in [0.05, 0.1) is 6.10 Å². The Bertz CT molecular complexity index is 369. The van der Waals surface area contributed by atoms with Crippen LogP contribution in [0.4, 0.5) is 0 Å². The molecule has 0 saturated heterocycles. The molecule has 0 saturated carbocycles. The Morgan fingerprint density at radius 2 is 2.12 bits per heavy atom. The monoisotopic (exact) mass is 301 g/mol. The van der Waals surface area contributed by atoms with Crippen molar-refractivity contribution in [2.75, 3.05) is 13.7 Å². The first-order chi connectivity index (χ1) is 8.08. The SMILES string of the molecule is COCCC(C)Oc1c(C)cc(Br)cc1CN. The normalized spacial score (nSPS) is 12.5. The van der Waals surface area contributed by atoms with Gasteiger partial charge in [0.2, 0.25) is 0 Å². The van der Waals surface area contributed by atoms with Gasteiger partial charge in [-0.15, -0.1) is 0 Å². The summed E-state index contributed by atoms with van der Waals surface area (Å²) in [6.45, 7) is 5.25. The van der Waals surface area contributed by atoms with Gasteiger partial charge in [0, 0.05) is 36.7 Å². The molecule has 0 aromatic heterocycles. The fraction of sp³-hybridized carbons (Fsp3) is 0.538. The second kappa shape index (κ2) is 6.99. The number of benzene rings is 1. The highest BCUT2D eigenvalue weighted by Gasteiger charge is 2.11. The largest absolute Gasteiger partial charge is 0.490 e. The lowest BCUT2D eigenvalue weighted by atomic mass is 10.1. The summed E-state index contributed by atoms with van der Waals surface area (Å²) in [5.41, 5.74) is 7.87. The smallest absolute Gasteiger partial charge is 0.127 e. The van der Waals surface area contributed by atoms with Crippen LogP contribution < -0.4 is 10.5 Å². The molecule has 1 atom stereocenters. The molecule has 0 aliphatic heterocycles. The van der Waals surface area contributed by atoms with Crippen LogP contribution in [0.2, 0.25) is 0 Å². The molecule has 0 aliphatic rings. The van der Waals surface area contributed by atoms with Crippen molar-refractivity contribution in [2.24, 2.45) is 5.73 Å². The van der Waals surface area contributed by atoms with E-state index in [1.807, 2.05) is 26.0 Å². The zero-order valence-corrected chi connectivity index (χ0v) is 12.2. The van der Waals surface area contributed by atoms with Crippen LogP contribution in [0.1, 0.15) is 24.5 Å². The van der Waals surface area contributed by atoms with Crippen molar-refractivity contribution in [2.45, 2.75) is 32.9 Å². The van der Waals surface area contributed by atoms with Crippen molar-refractivity contribution < 1.29 is 9.47 Å². The number of hydrogen-bond acceptors (Lipinski definition) is 3. The molecule has 0 fully saturated rings. The van der Waals surface area contributed by atoms with Crippen molar-refractivity contribution in [3.05, 3.63) is 27.7 Å². The highest BCUT2D eigenvalue weighted by molar-refractivity contribution is 9.10. The second-order valence-corrected chi connectivity index (χ2v) is 5.04. The zero-order chi connectivity index (χ0) is 12.8. The van der Waals surface area contributed by atoms with E-state index in [9.17, 15) is 0 Å². The molecule has 0 amide bonds. The predicted molar refractivity (Wildman–Crippen MR) is 73.4 cm³/mol. The third-order valence-corrected chi connectivity index (χ3v) is 3.04. The van der Waals surface area contributed by atoms with Crippen LogP contribution >= 0.6 is 15.9 Å². The maximum absolute atomic E-state index is 5.94. The van der Waals surface area contributed by atoms with Crippen LogP contribution in [-0.4, -0.2) is 19.8 Å². The van der Waals surface area contributed by atoms with Crippen LogP contribution in [0.15, 0.2) is 16.6 Å². The van der Waals surface area contributed by atoms with E-state index in [-0.39, 0.29) is 6.10 Å². The van der Waals surface area contributed by atoms with Crippen LogP contribution in [0.5, 0.6) is 5.75 Å². The minimum absolute atomic E-state index is 0.125. The summed E-state index contributed by atoms with van der Waals surface area (Å²) in [5.74, 6) is 0.902. The summed E-state index contributed by atoms with van der Waals surface area (Å²) in [7, 11) is 1.70. The third kappa shape index (κ3) is 4.30. The van der Waals surface area contributed by atoms with E-state index < -0.39 is 0 Å². The molecule has 1 rings (SSSR count). The Hall–Kier alpha value is -0.580. The summed E-state index contributed by atoms with van der Waals surface area (Å²) in [4.78, 5) is 0. The molecule has 3 nitrogen and oxygen atoms in total. The molecule has 1 unspecified atom stereocenters. The van der Waals surface area contributed by atoms with Crippen molar-refractivity contribution in [1.29, 1.82) is 0 Å². The Kier molecular flexibility index (Phi) is 5.95. The molecular weight excluding hydrogens is 282 g/mol. The number of methoxy groups -OCH3 is 1. The number of ether oxygens (including phenoxy) is 2. The van der Waals surface area contributed by atoms with E-state index in [0.717, 1.165) is 27.8 Å². The molecule has 96 valence electrons. The van der Waals surface area contributed by atoms with Gasteiger partial charge >= 0.3 is 0 Å². The van der Waals surface area contributed by atoms with Gasteiger partial charge in [-0.05, 0) is 31.5 Å². The topological polar surface area (TPSA) is 44.5 Å². The van der Waals surface area contributed by atoms with Crippen LogP contribution in [0.3, 0.4) is 0 Å².